The third-order valence-electron chi connectivity index (χ3n) is 3.56. The molecular weight excluding hydrogens is 400 g/mol. The van der Waals surface area contributed by atoms with E-state index in [4.69, 9.17) is 4.74 Å². The number of H-pyrrole nitrogens is 1. The van der Waals surface area contributed by atoms with Gasteiger partial charge in [-0.1, -0.05) is 11.8 Å². The van der Waals surface area contributed by atoms with Crippen molar-refractivity contribution in [2.45, 2.75) is 24.3 Å². The Balaban J connectivity index is 1.63. The molecule has 2 aromatic heterocycles. The van der Waals surface area contributed by atoms with Gasteiger partial charge in [0.25, 0.3) is 5.56 Å². The molecule has 1 atom stereocenters. The van der Waals surface area contributed by atoms with Gasteiger partial charge in [0, 0.05) is 10.9 Å². The fourth-order valence-electron chi connectivity index (χ4n) is 2.26. The summed E-state index contributed by atoms with van der Waals surface area (Å²) in [6.45, 7) is 4.20. The number of carbonyl (C=O) groups is 1. The molecule has 1 aromatic carbocycles. The van der Waals surface area contributed by atoms with E-state index in [1.165, 1.54) is 11.3 Å². The number of nitrogens with zero attached hydrogens (tertiary/aromatic N) is 2. The van der Waals surface area contributed by atoms with Crippen LogP contribution in [-0.4, -0.2) is 37.8 Å². The lowest BCUT2D eigenvalue weighted by atomic mass is 10.2. The van der Waals surface area contributed by atoms with E-state index >= 15 is 0 Å². The lowest BCUT2D eigenvalue weighted by Gasteiger charge is -2.09. The highest BCUT2D eigenvalue weighted by Crippen LogP contribution is 2.27. The van der Waals surface area contributed by atoms with Crippen molar-refractivity contribution >= 4 is 34.1 Å². The molecule has 3 rings (SSSR count). The maximum Gasteiger partial charge on any atom is 0.255 e. The fraction of sp³-hybridized carbons (Fsp3) is 0.222. The number of aromatic amines is 1. The van der Waals surface area contributed by atoms with Gasteiger partial charge in [0.15, 0.2) is 10.3 Å². The average Bonchev–Trinajstić information content (AvgIpc) is 3.10. The van der Waals surface area contributed by atoms with Crippen molar-refractivity contribution < 1.29 is 14.6 Å². The molecule has 28 heavy (non-hydrogen) atoms. The molecule has 0 radical (unpaired) electrons. The lowest BCUT2D eigenvalue weighted by Crippen LogP contribution is -2.23. The molecule has 0 saturated carbocycles. The van der Waals surface area contributed by atoms with Gasteiger partial charge < -0.3 is 20.1 Å². The van der Waals surface area contributed by atoms with Gasteiger partial charge in [0.05, 0.1) is 23.6 Å². The number of aromatic hydroxyl groups is 1. The Labute approximate surface area is 169 Å². The number of thiazole rings is 1. The second kappa shape index (κ2) is 8.89. The number of rotatable bonds is 7. The van der Waals surface area contributed by atoms with Gasteiger partial charge in [0.1, 0.15) is 5.75 Å². The summed E-state index contributed by atoms with van der Waals surface area (Å²) < 4.78 is 5.42. The van der Waals surface area contributed by atoms with Crippen LogP contribution in [0.4, 0.5) is 5.13 Å². The van der Waals surface area contributed by atoms with Crippen molar-refractivity contribution in [3.05, 3.63) is 46.1 Å². The summed E-state index contributed by atoms with van der Waals surface area (Å²) >= 11 is 2.35. The molecule has 1 unspecified atom stereocenters. The summed E-state index contributed by atoms with van der Waals surface area (Å²) in [6.07, 6.45) is 0. The zero-order chi connectivity index (χ0) is 20.1. The number of aromatic nitrogens is 3. The van der Waals surface area contributed by atoms with Crippen molar-refractivity contribution in [1.82, 2.24) is 15.0 Å². The van der Waals surface area contributed by atoms with Crippen LogP contribution in [-0.2, 0) is 4.79 Å². The van der Waals surface area contributed by atoms with Crippen LogP contribution in [0.5, 0.6) is 11.6 Å². The first-order chi connectivity index (χ1) is 13.4. The number of benzene rings is 1. The minimum atomic E-state index is -0.553. The summed E-state index contributed by atoms with van der Waals surface area (Å²) in [5.41, 5.74) is 1.19. The number of anilines is 1. The average molecular weight is 419 g/mol. The van der Waals surface area contributed by atoms with E-state index in [2.05, 4.69) is 20.3 Å². The zero-order valence-corrected chi connectivity index (χ0v) is 16.8. The first-order valence-electron chi connectivity index (χ1n) is 8.41. The Morgan fingerprint density at radius 3 is 2.79 bits per heavy atom. The van der Waals surface area contributed by atoms with Gasteiger partial charge in [-0.15, -0.1) is 11.3 Å². The smallest absolute Gasteiger partial charge is 0.255 e. The zero-order valence-electron chi connectivity index (χ0n) is 15.1. The van der Waals surface area contributed by atoms with Gasteiger partial charge in [-0.05, 0) is 38.1 Å². The molecule has 0 aliphatic heterocycles. The Hall–Kier alpha value is -2.85. The number of ether oxygens (including phenoxy) is 1. The minimum Gasteiger partial charge on any atom is -0.494 e. The molecule has 3 aromatic rings. The lowest BCUT2D eigenvalue weighted by molar-refractivity contribution is -0.115. The first kappa shape index (κ1) is 19.9. The Morgan fingerprint density at radius 1 is 1.36 bits per heavy atom. The molecule has 0 spiro atoms. The van der Waals surface area contributed by atoms with E-state index in [-0.39, 0.29) is 11.1 Å². The summed E-state index contributed by atoms with van der Waals surface area (Å²) in [5, 5.41) is 14.1. The molecule has 0 aliphatic rings. The molecule has 0 fully saturated rings. The van der Waals surface area contributed by atoms with Crippen LogP contribution in [0.15, 0.2) is 45.7 Å². The van der Waals surface area contributed by atoms with Gasteiger partial charge in [-0.25, -0.2) is 4.98 Å². The molecule has 0 bridgehead atoms. The maximum absolute atomic E-state index is 12.4. The standard InChI is InChI=1S/C18H18N4O4S2/c1-3-26-12-6-4-11(5-7-12)13-9-27-17(19-13)22-16(25)10(2)28-18-20-14(23)8-15(24)21-18/h4-10H,3H2,1-2H3,(H,19,22,25)(H2,20,21,23,24). The number of amides is 1. The van der Waals surface area contributed by atoms with Crippen molar-refractivity contribution in [3.8, 4) is 22.9 Å². The summed E-state index contributed by atoms with van der Waals surface area (Å²) in [4.78, 5) is 34.4. The predicted octanol–water partition coefficient (Wildman–Crippen LogP) is 3.12. The fourth-order valence-corrected chi connectivity index (χ4v) is 3.79. The second-order valence-corrected chi connectivity index (χ2v) is 7.84. The number of carbonyl (C=O) groups excluding carboxylic acids is 1. The van der Waals surface area contributed by atoms with Crippen LogP contribution < -0.4 is 15.6 Å². The van der Waals surface area contributed by atoms with Crippen molar-refractivity contribution in [3.63, 3.8) is 0 Å². The third-order valence-corrected chi connectivity index (χ3v) is 5.30. The van der Waals surface area contributed by atoms with Crippen LogP contribution in [0.1, 0.15) is 13.8 Å². The minimum absolute atomic E-state index is 0.168. The SMILES string of the molecule is CCOc1ccc(-c2csc(NC(=O)C(C)Sc3nc(O)cc(=O)[nH]3)n2)cc1. The Bertz CT molecular complexity index is 1020. The van der Waals surface area contributed by atoms with Gasteiger partial charge >= 0.3 is 0 Å². The van der Waals surface area contributed by atoms with E-state index in [1.54, 1.807) is 6.92 Å². The van der Waals surface area contributed by atoms with Crippen LogP contribution in [0.2, 0.25) is 0 Å². The number of nitrogens with one attached hydrogen (secondary N) is 2. The topological polar surface area (TPSA) is 117 Å². The van der Waals surface area contributed by atoms with Crippen LogP contribution in [0, 0.1) is 0 Å². The number of hydrogen-bond donors (Lipinski definition) is 3. The van der Waals surface area contributed by atoms with E-state index in [0.29, 0.717) is 11.7 Å². The highest BCUT2D eigenvalue weighted by Gasteiger charge is 2.18. The molecule has 8 nitrogen and oxygen atoms in total. The van der Waals surface area contributed by atoms with Gasteiger partial charge in [-0.3, -0.25) is 9.59 Å². The Morgan fingerprint density at radius 2 is 2.11 bits per heavy atom. The third kappa shape index (κ3) is 5.11. The maximum atomic E-state index is 12.4. The van der Waals surface area contributed by atoms with Crippen molar-refractivity contribution in [1.29, 1.82) is 0 Å². The summed E-state index contributed by atoms with van der Waals surface area (Å²) in [6, 6.07) is 8.53. The second-order valence-electron chi connectivity index (χ2n) is 5.65. The van der Waals surface area contributed by atoms with Crippen molar-refractivity contribution in [2.24, 2.45) is 0 Å². The molecule has 1 amide bonds. The molecular formula is C18H18N4O4S2. The highest BCUT2D eigenvalue weighted by molar-refractivity contribution is 8.00. The molecule has 3 N–H and O–H groups in total. The molecule has 2 heterocycles. The van der Waals surface area contributed by atoms with Crippen molar-refractivity contribution in [2.75, 3.05) is 11.9 Å². The highest BCUT2D eigenvalue weighted by atomic mass is 32.2. The van der Waals surface area contributed by atoms with Crippen LogP contribution >= 0.6 is 23.1 Å². The summed E-state index contributed by atoms with van der Waals surface area (Å²) in [7, 11) is 0. The molecule has 0 saturated heterocycles. The number of thioether (sulfide) groups is 1. The first-order valence-corrected chi connectivity index (χ1v) is 10.2. The van der Waals surface area contributed by atoms with E-state index in [0.717, 1.165) is 34.8 Å². The van der Waals surface area contributed by atoms with E-state index in [1.807, 2.05) is 36.6 Å². The van der Waals surface area contributed by atoms with Crippen LogP contribution in [0.3, 0.4) is 0 Å². The van der Waals surface area contributed by atoms with E-state index < -0.39 is 16.7 Å². The van der Waals surface area contributed by atoms with Gasteiger partial charge in [-0.2, -0.15) is 4.98 Å². The Kier molecular flexibility index (Phi) is 6.32. The summed E-state index contributed by atoms with van der Waals surface area (Å²) in [5.74, 6) is 0.113. The monoisotopic (exact) mass is 418 g/mol. The normalized spacial score (nSPS) is 11.8. The molecule has 10 heteroatoms. The molecule has 146 valence electrons. The van der Waals surface area contributed by atoms with Gasteiger partial charge in [0.2, 0.25) is 11.8 Å². The largest absolute Gasteiger partial charge is 0.494 e. The van der Waals surface area contributed by atoms with E-state index in [9.17, 15) is 14.7 Å². The quantitative estimate of drug-likeness (QED) is 0.399. The number of hydrogen-bond acceptors (Lipinski definition) is 8. The predicted molar refractivity (Wildman–Crippen MR) is 109 cm³/mol. The van der Waals surface area contributed by atoms with Crippen LogP contribution in [0.25, 0.3) is 11.3 Å². The molecule has 0 aliphatic carbocycles.